The van der Waals surface area contributed by atoms with E-state index in [4.69, 9.17) is 23.8 Å². The van der Waals surface area contributed by atoms with Gasteiger partial charge >= 0.3 is 0 Å². The molecule has 172 valence electrons. The molecular weight excluding hydrogens is 532 g/mol. The van der Waals surface area contributed by atoms with Gasteiger partial charge in [-0.25, -0.2) is 0 Å². The van der Waals surface area contributed by atoms with E-state index in [9.17, 15) is 5.11 Å². The Morgan fingerprint density at radius 2 is 1.82 bits per heavy atom. The molecule has 0 bridgehead atoms. The van der Waals surface area contributed by atoms with Crippen molar-refractivity contribution in [3.63, 3.8) is 0 Å². The molecule has 0 saturated carbocycles. The second-order valence-corrected chi connectivity index (χ2v) is 10.0. The Labute approximate surface area is 217 Å². The van der Waals surface area contributed by atoms with Crippen LogP contribution in [0, 0.1) is 13.8 Å². The van der Waals surface area contributed by atoms with E-state index in [0.717, 1.165) is 32.8 Å². The minimum Gasteiger partial charge on any atom is -0.506 e. The van der Waals surface area contributed by atoms with Crippen LogP contribution in [0.4, 0.5) is 5.69 Å². The lowest BCUT2D eigenvalue weighted by molar-refractivity contribution is 0.472. The van der Waals surface area contributed by atoms with Crippen LogP contribution in [0.2, 0.25) is 5.02 Å². The topological polar surface area (TPSA) is 53.3 Å². The Bertz CT molecular complexity index is 1370. The van der Waals surface area contributed by atoms with Crippen LogP contribution in [0.3, 0.4) is 0 Å². The van der Waals surface area contributed by atoms with Gasteiger partial charge in [-0.15, -0.1) is 0 Å². The first kappa shape index (κ1) is 22.9. The van der Waals surface area contributed by atoms with Crippen molar-refractivity contribution < 1.29 is 5.11 Å². The van der Waals surface area contributed by atoms with E-state index < -0.39 is 0 Å². The Morgan fingerprint density at radius 1 is 1.06 bits per heavy atom. The maximum Gasteiger partial charge on any atom is 0.174 e. The van der Waals surface area contributed by atoms with Gasteiger partial charge in [-0.05, 0) is 92.3 Å². The average Bonchev–Trinajstić information content (AvgIpc) is 3.32. The summed E-state index contributed by atoms with van der Waals surface area (Å²) in [5.74, 6) is 0.113. The lowest BCUT2D eigenvalue weighted by Crippen LogP contribution is -2.29. The van der Waals surface area contributed by atoms with Crippen LogP contribution in [0.1, 0.15) is 34.7 Å². The molecule has 2 aromatic carbocycles. The molecule has 2 aromatic heterocycles. The van der Waals surface area contributed by atoms with Crippen LogP contribution in [0.25, 0.3) is 5.69 Å². The number of aromatic nitrogens is 2. The fourth-order valence-electron chi connectivity index (χ4n) is 4.69. The number of nitrogens with one attached hydrogen (secondary N) is 1. The van der Waals surface area contributed by atoms with Crippen molar-refractivity contribution in [1.29, 1.82) is 0 Å². The molecule has 5 rings (SSSR count). The Kier molecular flexibility index (Phi) is 6.10. The summed E-state index contributed by atoms with van der Waals surface area (Å²) >= 11 is 15.6. The summed E-state index contributed by atoms with van der Waals surface area (Å²) in [7, 11) is 0. The first-order valence-electron chi connectivity index (χ1n) is 10.8. The second kappa shape index (κ2) is 9.06. The summed E-state index contributed by atoms with van der Waals surface area (Å²) in [6.07, 6.45) is 1.78. The highest BCUT2D eigenvalue weighted by atomic mass is 79.9. The van der Waals surface area contributed by atoms with Gasteiger partial charge in [0.1, 0.15) is 5.75 Å². The number of phenols is 1. The largest absolute Gasteiger partial charge is 0.506 e. The summed E-state index contributed by atoms with van der Waals surface area (Å²) in [5, 5.41) is 15.2. The van der Waals surface area contributed by atoms with Gasteiger partial charge < -0.3 is 19.9 Å². The number of hydrogen-bond donors (Lipinski definition) is 2. The number of pyridine rings is 1. The van der Waals surface area contributed by atoms with Gasteiger partial charge in [-0.1, -0.05) is 33.6 Å². The van der Waals surface area contributed by atoms with Crippen molar-refractivity contribution in [3.8, 4) is 11.4 Å². The van der Waals surface area contributed by atoms with Gasteiger partial charge in [0.25, 0.3) is 0 Å². The predicted molar refractivity (Wildman–Crippen MR) is 144 cm³/mol. The van der Waals surface area contributed by atoms with Crippen molar-refractivity contribution in [2.24, 2.45) is 0 Å². The molecule has 1 aliphatic heterocycles. The van der Waals surface area contributed by atoms with Crippen molar-refractivity contribution in [2.45, 2.75) is 25.9 Å². The quantitative estimate of drug-likeness (QED) is 0.273. The van der Waals surface area contributed by atoms with E-state index in [-0.39, 0.29) is 17.8 Å². The highest BCUT2D eigenvalue weighted by Gasteiger charge is 2.43. The molecule has 0 aliphatic carbocycles. The molecule has 2 atom stereocenters. The SMILES string of the molecule is Cc1cc([C@@H]2[C@@H](c3ccccn3)NC(=S)N2c2cc(Cl)ccc2O)c(C)n1-c1ccc(Br)cc1. The first-order chi connectivity index (χ1) is 16.3. The number of hydrogen-bond acceptors (Lipinski definition) is 3. The van der Waals surface area contributed by atoms with E-state index in [1.165, 1.54) is 0 Å². The van der Waals surface area contributed by atoms with Crippen LogP contribution in [0.5, 0.6) is 5.75 Å². The second-order valence-electron chi connectivity index (χ2n) is 8.27. The Balaban J connectivity index is 1.70. The molecule has 3 heterocycles. The van der Waals surface area contributed by atoms with Crippen LogP contribution in [-0.2, 0) is 0 Å². The maximum absolute atomic E-state index is 10.8. The lowest BCUT2D eigenvalue weighted by atomic mass is 9.96. The number of thiocarbonyl (C=S) groups is 1. The fraction of sp³-hybridized carbons (Fsp3) is 0.154. The number of halogens is 2. The van der Waals surface area contributed by atoms with Crippen LogP contribution < -0.4 is 10.2 Å². The third-order valence-electron chi connectivity index (χ3n) is 6.17. The number of aryl methyl sites for hydroxylation is 1. The number of aromatic hydroxyl groups is 1. The lowest BCUT2D eigenvalue weighted by Gasteiger charge is -2.28. The molecule has 2 N–H and O–H groups in total. The summed E-state index contributed by atoms with van der Waals surface area (Å²) in [6, 6.07) is 20.8. The minimum atomic E-state index is -0.248. The highest BCUT2D eigenvalue weighted by molar-refractivity contribution is 9.10. The van der Waals surface area contributed by atoms with Gasteiger partial charge in [0.05, 0.1) is 23.5 Å². The van der Waals surface area contributed by atoms with Gasteiger partial charge in [0.15, 0.2) is 5.11 Å². The van der Waals surface area contributed by atoms with Crippen LogP contribution >= 0.6 is 39.7 Å². The summed E-state index contributed by atoms with van der Waals surface area (Å²) < 4.78 is 3.26. The molecule has 4 aromatic rings. The molecule has 0 spiro atoms. The van der Waals surface area contributed by atoms with Gasteiger partial charge in [-0.3, -0.25) is 4.98 Å². The van der Waals surface area contributed by atoms with E-state index >= 15 is 0 Å². The number of phenolic OH excluding ortho intramolecular Hbond substituents is 1. The minimum absolute atomic E-state index is 0.113. The molecule has 1 aliphatic rings. The highest BCUT2D eigenvalue weighted by Crippen LogP contribution is 2.46. The molecule has 0 amide bonds. The third kappa shape index (κ3) is 3.98. The van der Waals surface area contributed by atoms with Gasteiger partial charge in [0, 0.05) is 32.8 Å². The monoisotopic (exact) mass is 552 g/mol. The van der Waals surface area contributed by atoms with E-state index in [2.05, 4.69) is 62.8 Å². The van der Waals surface area contributed by atoms with Crippen molar-refractivity contribution in [3.05, 3.63) is 105 Å². The molecule has 5 nitrogen and oxygen atoms in total. The molecular formula is C26H22BrClN4OS. The number of anilines is 1. The normalized spacial score (nSPS) is 17.8. The van der Waals surface area contributed by atoms with Crippen molar-refractivity contribution in [1.82, 2.24) is 14.9 Å². The Hall–Kier alpha value is -2.87. The zero-order valence-corrected chi connectivity index (χ0v) is 21.7. The summed E-state index contributed by atoms with van der Waals surface area (Å²) in [4.78, 5) is 6.56. The predicted octanol–water partition coefficient (Wildman–Crippen LogP) is 6.79. The van der Waals surface area contributed by atoms with Gasteiger partial charge in [-0.2, -0.15) is 0 Å². The van der Waals surface area contributed by atoms with Gasteiger partial charge in [0.2, 0.25) is 0 Å². The zero-order chi connectivity index (χ0) is 24.0. The average molecular weight is 554 g/mol. The third-order valence-corrected chi connectivity index (χ3v) is 7.25. The molecule has 0 unspecified atom stereocenters. The smallest absolute Gasteiger partial charge is 0.174 e. The first-order valence-corrected chi connectivity index (χ1v) is 12.4. The molecule has 1 saturated heterocycles. The standard InChI is InChI=1S/C26H22BrClN4OS/c1-15-13-20(16(2)31(15)19-9-6-17(27)7-10-19)25-24(21-5-3-4-12-29-21)30-26(34)32(25)22-14-18(28)8-11-23(22)33/h3-14,24-25,33H,1-2H3,(H,30,34)/t24-,25-/m1/s1. The van der Waals surface area contributed by atoms with E-state index in [0.29, 0.717) is 15.8 Å². The number of nitrogens with zero attached hydrogens (tertiary/aromatic N) is 3. The zero-order valence-electron chi connectivity index (χ0n) is 18.5. The van der Waals surface area contributed by atoms with Crippen molar-refractivity contribution in [2.75, 3.05) is 4.90 Å². The number of rotatable bonds is 4. The summed E-state index contributed by atoms with van der Waals surface area (Å²) in [6.45, 7) is 4.20. The van der Waals surface area contributed by atoms with Crippen LogP contribution in [0.15, 0.2) is 77.4 Å². The molecule has 0 radical (unpaired) electrons. The van der Waals surface area contributed by atoms with E-state index in [1.54, 1.807) is 24.4 Å². The number of benzene rings is 2. The fourth-order valence-corrected chi connectivity index (χ4v) is 5.46. The van der Waals surface area contributed by atoms with Crippen molar-refractivity contribution >= 4 is 50.5 Å². The molecule has 8 heteroatoms. The maximum atomic E-state index is 10.8. The van der Waals surface area contributed by atoms with Crippen LogP contribution in [-0.4, -0.2) is 19.8 Å². The summed E-state index contributed by atoms with van der Waals surface area (Å²) in [5.41, 5.74) is 5.77. The van der Waals surface area contributed by atoms with E-state index in [1.807, 2.05) is 35.2 Å². The molecule has 34 heavy (non-hydrogen) atoms. The Morgan fingerprint density at radius 3 is 2.53 bits per heavy atom. The molecule has 1 fully saturated rings.